The molecule has 0 unspecified atom stereocenters. The zero-order valence-electron chi connectivity index (χ0n) is 15.2. The van der Waals surface area contributed by atoms with E-state index in [4.69, 9.17) is 0 Å². The number of aromatic amines is 1. The minimum Gasteiger partial charge on any atom is -0.361 e. The Morgan fingerprint density at radius 3 is 2.43 bits per heavy atom. The van der Waals surface area contributed by atoms with Crippen molar-refractivity contribution in [2.75, 3.05) is 26.2 Å². The lowest BCUT2D eigenvalue weighted by atomic mass is 10.1. The fraction of sp³-hybridized carbons (Fsp3) is 0.263. The van der Waals surface area contributed by atoms with Crippen LogP contribution >= 0.6 is 0 Å². The van der Waals surface area contributed by atoms with Gasteiger partial charge in [0.15, 0.2) is 0 Å². The second-order valence-electron chi connectivity index (χ2n) is 6.94. The Labute approximate surface area is 162 Å². The topological polar surface area (TPSA) is 101 Å². The molecule has 0 aliphatic carbocycles. The number of fused-ring (bicyclic) bond motifs is 1. The van der Waals surface area contributed by atoms with Crippen molar-refractivity contribution in [1.82, 2.24) is 9.29 Å². The summed E-state index contributed by atoms with van der Waals surface area (Å²) < 4.78 is 27.1. The molecule has 1 aliphatic heterocycles. The molecule has 9 heteroatoms. The van der Waals surface area contributed by atoms with Gasteiger partial charge in [-0.25, -0.2) is 8.42 Å². The van der Waals surface area contributed by atoms with Crippen LogP contribution in [0.4, 0.5) is 5.69 Å². The van der Waals surface area contributed by atoms with Gasteiger partial charge >= 0.3 is 0 Å². The van der Waals surface area contributed by atoms with Crippen LogP contribution in [0.2, 0.25) is 0 Å². The Balaban J connectivity index is 1.42. The molecular weight excluding hydrogens is 380 g/mol. The van der Waals surface area contributed by atoms with Gasteiger partial charge in [0.2, 0.25) is 10.0 Å². The van der Waals surface area contributed by atoms with Crippen LogP contribution in [-0.4, -0.2) is 48.8 Å². The molecule has 1 aliphatic rings. The summed E-state index contributed by atoms with van der Waals surface area (Å²) in [5, 5.41) is 12.0. The van der Waals surface area contributed by atoms with Gasteiger partial charge in [0.25, 0.3) is 5.69 Å². The van der Waals surface area contributed by atoms with Crippen molar-refractivity contribution in [1.29, 1.82) is 0 Å². The largest absolute Gasteiger partial charge is 0.361 e. The Kier molecular flexibility index (Phi) is 4.88. The lowest BCUT2D eigenvalue weighted by Gasteiger charge is -2.31. The minimum atomic E-state index is -3.63. The maximum Gasteiger partial charge on any atom is 0.269 e. The van der Waals surface area contributed by atoms with E-state index in [9.17, 15) is 18.5 Å². The SMILES string of the molecule is O=[N+]([O-])c1ccc(S(=O)(=O)N2CC[NH+](Cc3c[nH]c4ccccc34)CC2)cc1. The third-order valence-electron chi connectivity index (χ3n) is 5.23. The van der Waals surface area contributed by atoms with E-state index in [1.54, 1.807) is 0 Å². The third kappa shape index (κ3) is 3.51. The van der Waals surface area contributed by atoms with E-state index in [1.807, 2.05) is 24.4 Å². The number of nitrogens with zero attached hydrogens (tertiary/aromatic N) is 2. The molecule has 28 heavy (non-hydrogen) atoms. The van der Waals surface area contributed by atoms with Gasteiger partial charge in [0, 0.05) is 34.8 Å². The molecule has 2 heterocycles. The number of hydrogen-bond acceptors (Lipinski definition) is 4. The molecule has 0 amide bonds. The highest BCUT2D eigenvalue weighted by molar-refractivity contribution is 7.89. The zero-order chi connectivity index (χ0) is 19.7. The number of nitrogens with one attached hydrogen (secondary N) is 2. The van der Waals surface area contributed by atoms with E-state index in [0.717, 1.165) is 12.1 Å². The van der Waals surface area contributed by atoms with Gasteiger partial charge in [0.1, 0.15) is 6.54 Å². The van der Waals surface area contributed by atoms with Gasteiger partial charge in [0.05, 0.1) is 36.0 Å². The van der Waals surface area contributed by atoms with Gasteiger partial charge in [-0.3, -0.25) is 10.1 Å². The second-order valence-corrected chi connectivity index (χ2v) is 8.88. The van der Waals surface area contributed by atoms with Crippen molar-refractivity contribution in [3.05, 3.63) is 70.4 Å². The van der Waals surface area contributed by atoms with Crippen LogP contribution < -0.4 is 4.90 Å². The molecule has 2 aromatic carbocycles. The molecule has 0 atom stereocenters. The van der Waals surface area contributed by atoms with E-state index in [1.165, 1.54) is 44.4 Å². The Bertz CT molecular complexity index is 1100. The molecule has 0 bridgehead atoms. The first kappa shape index (κ1) is 18.6. The summed E-state index contributed by atoms with van der Waals surface area (Å²) in [6.07, 6.45) is 2.03. The highest BCUT2D eigenvalue weighted by Crippen LogP contribution is 2.20. The number of benzene rings is 2. The summed E-state index contributed by atoms with van der Waals surface area (Å²) in [5.41, 5.74) is 2.22. The smallest absolute Gasteiger partial charge is 0.269 e. The van der Waals surface area contributed by atoms with Crippen LogP contribution in [0.25, 0.3) is 10.9 Å². The van der Waals surface area contributed by atoms with Crippen LogP contribution in [0, 0.1) is 10.1 Å². The Hall–Kier alpha value is -2.75. The highest BCUT2D eigenvalue weighted by Gasteiger charge is 2.31. The second kappa shape index (κ2) is 7.34. The molecule has 1 saturated heterocycles. The van der Waals surface area contributed by atoms with E-state index in [0.29, 0.717) is 26.2 Å². The van der Waals surface area contributed by atoms with Crippen LogP contribution in [-0.2, 0) is 16.6 Å². The number of hydrogen-bond donors (Lipinski definition) is 2. The average Bonchev–Trinajstić information content (AvgIpc) is 3.11. The standard InChI is InChI=1S/C19H20N4O4S/c24-23(25)16-5-7-17(8-6-16)28(26,27)22-11-9-21(10-12-22)14-15-13-20-19-4-2-1-3-18(15)19/h1-8,13,20H,9-12,14H2/p+1. The zero-order valence-corrected chi connectivity index (χ0v) is 16.0. The number of rotatable bonds is 5. The summed E-state index contributed by atoms with van der Waals surface area (Å²) in [7, 11) is -3.63. The van der Waals surface area contributed by atoms with Crippen molar-refractivity contribution in [3.63, 3.8) is 0 Å². The third-order valence-corrected chi connectivity index (χ3v) is 7.14. The monoisotopic (exact) mass is 401 g/mol. The lowest BCUT2D eigenvalue weighted by Crippen LogP contribution is -3.13. The summed E-state index contributed by atoms with van der Waals surface area (Å²) >= 11 is 0. The fourth-order valence-electron chi connectivity index (χ4n) is 3.66. The van der Waals surface area contributed by atoms with Gasteiger partial charge < -0.3 is 9.88 Å². The van der Waals surface area contributed by atoms with E-state index < -0.39 is 14.9 Å². The average molecular weight is 401 g/mol. The number of nitro groups is 1. The molecule has 146 valence electrons. The molecule has 2 N–H and O–H groups in total. The van der Waals surface area contributed by atoms with Gasteiger partial charge in [-0.15, -0.1) is 0 Å². The fourth-order valence-corrected chi connectivity index (χ4v) is 5.10. The molecule has 0 spiro atoms. The number of nitro benzene ring substituents is 1. The van der Waals surface area contributed by atoms with E-state index in [-0.39, 0.29) is 10.6 Å². The quantitative estimate of drug-likeness (QED) is 0.495. The summed E-state index contributed by atoms with van der Waals surface area (Å²) in [6.45, 7) is 3.13. The van der Waals surface area contributed by atoms with Crippen LogP contribution in [0.3, 0.4) is 0 Å². The summed E-state index contributed by atoms with van der Waals surface area (Å²) in [6, 6.07) is 13.2. The molecule has 0 saturated carbocycles. The summed E-state index contributed by atoms with van der Waals surface area (Å²) in [5.74, 6) is 0. The van der Waals surface area contributed by atoms with E-state index >= 15 is 0 Å². The lowest BCUT2D eigenvalue weighted by molar-refractivity contribution is -0.917. The molecule has 8 nitrogen and oxygen atoms in total. The number of sulfonamides is 1. The number of non-ortho nitro benzene ring substituents is 1. The first-order valence-corrected chi connectivity index (χ1v) is 10.5. The molecular formula is C19H21N4O4S+. The van der Waals surface area contributed by atoms with Gasteiger partial charge in [-0.2, -0.15) is 4.31 Å². The molecule has 0 radical (unpaired) electrons. The van der Waals surface area contributed by atoms with Crippen LogP contribution in [0.5, 0.6) is 0 Å². The van der Waals surface area contributed by atoms with Crippen LogP contribution in [0.1, 0.15) is 5.56 Å². The first-order valence-electron chi connectivity index (χ1n) is 9.08. The number of para-hydroxylation sites is 1. The molecule has 3 aromatic rings. The summed E-state index contributed by atoms with van der Waals surface area (Å²) in [4.78, 5) is 14.9. The molecule has 4 rings (SSSR count). The number of H-pyrrole nitrogens is 1. The predicted octanol–water partition coefficient (Wildman–Crippen LogP) is 1.17. The van der Waals surface area contributed by atoms with Gasteiger partial charge in [-0.1, -0.05) is 18.2 Å². The predicted molar refractivity (Wildman–Crippen MR) is 105 cm³/mol. The van der Waals surface area contributed by atoms with Gasteiger partial charge in [-0.05, 0) is 18.2 Å². The highest BCUT2D eigenvalue weighted by atomic mass is 32.2. The number of aromatic nitrogens is 1. The number of quaternary nitrogens is 1. The van der Waals surface area contributed by atoms with Crippen molar-refractivity contribution in [2.24, 2.45) is 0 Å². The molecule has 1 fully saturated rings. The van der Waals surface area contributed by atoms with E-state index in [2.05, 4.69) is 11.1 Å². The Morgan fingerprint density at radius 1 is 1.07 bits per heavy atom. The number of piperazine rings is 1. The maximum atomic E-state index is 12.8. The van der Waals surface area contributed by atoms with Crippen molar-refractivity contribution in [3.8, 4) is 0 Å². The Morgan fingerprint density at radius 2 is 1.75 bits per heavy atom. The normalized spacial score (nSPS) is 16.4. The minimum absolute atomic E-state index is 0.0955. The molecule has 1 aromatic heterocycles. The maximum absolute atomic E-state index is 12.8. The van der Waals surface area contributed by atoms with Crippen molar-refractivity contribution in [2.45, 2.75) is 11.4 Å². The van der Waals surface area contributed by atoms with Crippen LogP contribution in [0.15, 0.2) is 59.6 Å². The first-order chi connectivity index (χ1) is 13.4. The van der Waals surface area contributed by atoms with Crippen molar-refractivity contribution < 1.29 is 18.2 Å². The van der Waals surface area contributed by atoms with Crippen molar-refractivity contribution >= 4 is 26.6 Å².